The summed E-state index contributed by atoms with van der Waals surface area (Å²) in [6.45, 7) is 12.9. The summed E-state index contributed by atoms with van der Waals surface area (Å²) in [7, 11) is 0. The molecule has 48 heteroatoms. The summed E-state index contributed by atoms with van der Waals surface area (Å²) in [5.74, 6) is -7.53. The number of rotatable bonds is 77. The predicted molar refractivity (Wildman–Crippen MR) is 537 cm³/mol. The van der Waals surface area contributed by atoms with Gasteiger partial charge in [-0.25, -0.2) is 19.2 Å². The van der Waals surface area contributed by atoms with Crippen LogP contribution in [0.3, 0.4) is 0 Å². The lowest BCUT2D eigenvalue weighted by molar-refractivity contribution is -0.193. The summed E-state index contributed by atoms with van der Waals surface area (Å²) in [6, 6.07) is 13.4. The average molecular weight is 2140 g/mol. The number of amides is 11. The van der Waals surface area contributed by atoms with E-state index in [1.165, 1.54) is 140 Å². The highest BCUT2D eigenvalue weighted by molar-refractivity contribution is 5.96. The van der Waals surface area contributed by atoms with Crippen LogP contribution in [0.25, 0.3) is 0 Å². The predicted octanol–water partition coefficient (Wildman–Crippen LogP) is 11.5. The fourth-order valence-corrected chi connectivity index (χ4v) is 14.0. The number of carboxylic acids is 4. The van der Waals surface area contributed by atoms with Crippen LogP contribution in [0.15, 0.2) is 48.5 Å². The molecule has 0 aliphatic heterocycles. The summed E-state index contributed by atoms with van der Waals surface area (Å²) in [6.07, 6.45) is 16.3. The Bertz CT molecular complexity index is 3780. The maximum Gasteiger partial charge on any atom is 0.490 e. The van der Waals surface area contributed by atoms with Crippen molar-refractivity contribution in [1.82, 2.24) is 67.9 Å². The van der Waals surface area contributed by atoms with Crippen LogP contribution in [0.2, 0.25) is 0 Å². The fourth-order valence-electron chi connectivity index (χ4n) is 14.0. The second-order valence-electron chi connectivity index (χ2n) is 35.2. The van der Waals surface area contributed by atoms with Gasteiger partial charge in [0.05, 0.1) is 0 Å². The minimum atomic E-state index is -5.08. The van der Waals surface area contributed by atoms with Crippen LogP contribution in [0.1, 0.15) is 322 Å². The molecule has 0 radical (unpaired) electrons. The molecule has 0 saturated heterocycles. The van der Waals surface area contributed by atoms with Crippen LogP contribution in [0.4, 0.5) is 52.7 Å². The van der Waals surface area contributed by atoms with Gasteiger partial charge in [0.1, 0.15) is 0 Å². The van der Waals surface area contributed by atoms with Gasteiger partial charge in [0.25, 0.3) is 11.8 Å². The molecule has 0 aliphatic rings. The quantitative estimate of drug-likeness (QED) is 0.0166. The van der Waals surface area contributed by atoms with Gasteiger partial charge in [-0.05, 0) is 87.1 Å². The standard InChI is InChI=1S/C92H161N17O11.4C2HF3O2/c1-4-7-10-13-16-19-22-25-28-31-60-97-81(110)44-53-92(54-45-82(111)98-61-32-29-26-23-20-17-14-11-8-5-2,55-46-83(112)99-62-33-30-27-24-21-18-15-12-9-6-3)106-90(119)79-40-36-77(37-41-79)34-35-78-38-42-80(43-39-78)91(120)109(73-51-88(117)104-67-75-107(69-47-84(113)100-63-56-93)70-48-85(114)101-64-57-94)74-52-89(118)105-68-76-108(71-49-86(115)102-65-58-95)72-50-87(116)103-66-59-96;4*3-2(4,5)1(6)7/h36-43H,4-33,44-76,93-96H2,1-3H3,(H,97,110)(H,98,111)(H,99,112)(H,100,113)(H,101,114)(H,102,115)(H,103,116)(H,104,117)(H,105,118)(H,106,119);4*(H,6,7). The van der Waals surface area contributed by atoms with Gasteiger partial charge in [-0.3, -0.25) is 52.7 Å². The summed E-state index contributed by atoms with van der Waals surface area (Å²) in [4.78, 5) is 188. The number of aliphatic carboxylic acids is 4. The van der Waals surface area contributed by atoms with Crippen LogP contribution in [-0.2, 0) is 62.3 Å². The van der Waals surface area contributed by atoms with E-state index in [-0.39, 0.29) is 188 Å². The van der Waals surface area contributed by atoms with E-state index in [0.29, 0.717) is 102 Å². The van der Waals surface area contributed by atoms with E-state index in [2.05, 4.69) is 85.8 Å². The lowest BCUT2D eigenvalue weighted by atomic mass is 9.82. The van der Waals surface area contributed by atoms with Gasteiger partial charge in [-0.2, -0.15) is 52.7 Å². The van der Waals surface area contributed by atoms with E-state index in [1.54, 1.807) is 48.5 Å². The largest absolute Gasteiger partial charge is 0.490 e. The highest BCUT2D eigenvalue weighted by Gasteiger charge is 2.41. The number of benzene rings is 2. The zero-order valence-electron chi connectivity index (χ0n) is 86.3. The first-order valence-electron chi connectivity index (χ1n) is 51.3. The normalized spacial score (nSPS) is 11.2. The molecule has 2 rings (SSSR count). The second kappa shape index (κ2) is 87.8. The average Bonchev–Trinajstić information content (AvgIpc) is 0.806. The molecule has 0 heterocycles. The number of carbonyl (C=O) groups excluding carboxylic acids is 11. The number of hydrogen-bond donors (Lipinski definition) is 18. The highest BCUT2D eigenvalue weighted by Crippen LogP contribution is 2.28. The highest BCUT2D eigenvalue weighted by atomic mass is 19.4. The molecule has 848 valence electrons. The lowest BCUT2D eigenvalue weighted by Gasteiger charge is -2.35. The molecule has 2 aromatic rings. The minimum Gasteiger partial charge on any atom is -0.475 e. The molecule has 11 amide bonds. The number of halogens is 12. The van der Waals surface area contributed by atoms with Crippen molar-refractivity contribution >= 4 is 88.9 Å². The molecule has 0 spiro atoms. The molecule has 0 saturated carbocycles. The molecule has 0 aliphatic carbocycles. The van der Waals surface area contributed by atoms with Crippen LogP contribution >= 0.6 is 0 Å². The van der Waals surface area contributed by atoms with Gasteiger partial charge in [0.2, 0.25) is 53.2 Å². The van der Waals surface area contributed by atoms with Crippen LogP contribution < -0.4 is 76.1 Å². The van der Waals surface area contributed by atoms with Crippen molar-refractivity contribution in [3.8, 4) is 11.8 Å². The van der Waals surface area contributed by atoms with E-state index in [0.717, 1.165) is 57.8 Å². The number of nitrogens with two attached hydrogens (primary N) is 4. The third-order valence-electron chi connectivity index (χ3n) is 22.5. The number of hydrogen-bond acceptors (Lipinski definition) is 21. The van der Waals surface area contributed by atoms with E-state index in [9.17, 15) is 105 Å². The molecule has 22 N–H and O–H groups in total. The van der Waals surface area contributed by atoms with E-state index in [4.69, 9.17) is 62.5 Å². The summed E-state index contributed by atoms with van der Waals surface area (Å²) < 4.78 is 127. The Labute approximate surface area is 861 Å². The Hall–Kier alpha value is -11.0. The molecule has 2 aromatic carbocycles. The van der Waals surface area contributed by atoms with Crippen molar-refractivity contribution < 1.29 is 145 Å². The molecular weight excluding hydrogens is 1970 g/mol. The van der Waals surface area contributed by atoms with Crippen molar-refractivity contribution in [1.29, 1.82) is 0 Å². The summed E-state index contributed by atoms with van der Waals surface area (Å²) >= 11 is 0. The van der Waals surface area contributed by atoms with Crippen molar-refractivity contribution in [3.63, 3.8) is 0 Å². The number of carboxylic acid groups (broad SMARTS) is 4. The van der Waals surface area contributed by atoms with Gasteiger partial charge in [-0.15, -0.1) is 0 Å². The molecule has 0 unspecified atom stereocenters. The van der Waals surface area contributed by atoms with Crippen LogP contribution in [-0.4, -0.2) is 292 Å². The smallest absolute Gasteiger partial charge is 0.475 e. The van der Waals surface area contributed by atoms with Crippen molar-refractivity contribution in [3.05, 3.63) is 70.8 Å². The number of nitrogens with one attached hydrogen (secondary N) is 10. The fraction of sp³-hybridized carbons (Fsp3) is 0.710. The van der Waals surface area contributed by atoms with E-state index in [1.807, 2.05) is 9.80 Å². The van der Waals surface area contributed by atoms with Crippen molar-refractivity contribution in [2.24, 2.45) is 22.9 Å². The van der Waals surface area contributed by atoms with Crippen LogP contribution in [0.5, 0.6) is 0 Å². The maximum atomic E-state index is 14.7. The van der Waals surface area contributed by atoms with Crippen molar-refractivity contribution in [2.75, 3.05) is 137 Å². The van der Waals surface area contributed by atoms with Gasteiger partial charge in [0.15, 0.2) is 0 Å². The zero-order valence-corrected chi connectivity index (χ0v) is 86.3. The molecular formula is C100H165F12N17O19. The Balaban J connectivity index is -0.00000651. The molecule has 148 heavy (non-hydrogen) atoms. The SMILES string of the molecule is CCCCCCCCCCCCNC(=O)CCC(CCC(=O)NCCCCCCCCCCCC)(CCC(=O)NCCCCCCCCCCCC)NC(=O)c1ccc(C#Cc2ccc(C(=O)N(CCC(=O)NCCN(CCC(=O)NCCN)CCC(=O)NCCN)CCC(=O)NCCN(CCC(=O)NCCN)CCC(=O)NCCN)cc2)cc1.O=C(O)C(F)(F)F.O=C(O)C(F)(F)F.O=C(O)C(F)(F)F.O=C(O)C(F)(F)F. The third kappa shape index (κ3) is 83.9. The second-order valence-corrected chi connectivity index (χ2v) is 35.2. The first kappa shape index (κ1) is 141. The van der Waals surface area contributed by atoms with Gasteiger partial charge in [0, 0.05) is 223 Å². The molecule has 0 aromatic heterocycles. The summed E-state index contributed by atoms with van der Waals surface area (Å²) in [5.41, 5.74) is 22.9. The number of alkyl halides is 12. The molecule has 36 nitrogen and oxygen atoms in total. The number of nitrogens with zero attached hydrogens (tertiary/aromatic N) is 3. The Morgan fingerprint density at radius 3 is 0.682 bits per heavy atom. The topological polar surface area (TPSA) is 571 Å². The Morgan fingerprint density at radius 2 is 0.459 bits per heavy atom. The first-order chi connectivity index (χ1) is 70.1. The Kier molecular flexibility index (Phi) is 83.7. The number of unbranched alkanes of at least 4 members (excludes halogenated alkanes) is 27. The molecule has 0 bridgehead atoms. The van der Waals surface area contributed by atoms with Crippen LogP contribution in [0, 0.1) is 11.8 Å². The minimum absolute atomic E-state index is 0.0585. The van der Waals surface area contributed by atoms with Gasteiger partial charge < -0.3 is 111 Å². The lowest BCUT2D eigenvalue weighted by Crippen LogP contribution is -2.50. The van der Waals surface area contributed by atoms with E-state index >= 15 is 0 Å². The Morgan fingerprint density at radius 1 is 0.264 bits per heavy atom. The summed E-state index contributed by atoms with van der Waals surface area (Å²) in [5, 5.41) is 58.0. The zero-order chi connectivity index (χ0) is 112. The van der Waals surface area contributed by atoms with Crippen molar-refractivity contribution in [2.45, 2.75) is 321 Å². The molecule has 0 atom stereocenters. The van der Waals surface area contributed by atoms with Gasteiger partial charge >= 0.3 is 48.6 Å². The van der Waals surface area contributed by atoms with Gasteiger partial charge in [-0.1, -0.05) is 206 Å². The molecule has 0 fully saturated rings. The maximum absolute atomic E-state index is 14.7. The first-order valence-corrected chi connectivity index (χ1v) is 51.3. The van der Waals surface area contributed by atoms with E-state index < -0.39 is 65.9 Å². The number of carbonyl (C=O) groups is 15. The monoisotopic (exact) mass is 2140 g/mol. The third-order valence-corrected chi connectivity index (χ3v) is 22.5.